The Morgan fingerprint density at radius 1 is 0.650 bits per heavy atom. The van der Waals surface area contributed by atoms with E-state index in [-0.39, 0.29) is 0 Å². The summed E-state index contributed by atoms with van der Waals surface area (Å²) in [6.07, 6.45) is 0.906. The first kappa shape index (κ1) is 19.5. The molecule has 0 aliphatic rings. The molecule has 0 saturated heterocycles. The second-order valence-electron chi connectivity index (χ2n) is 4.27. The van der Waals surface area contributed by atoms with Gasteiger partial charge in [0.15, 0.2) is 0 Å². The first-order valence-corrected chi connectivity index (χ1v) is 7.09. The lowest BCUT2D eigenvalue weighted by Gasteiger charge is -2.07. The predicted molar refractivity (Wildman–Crippen MR) is 78.9 cm³/mol. The van der Waals surface area contributed by atoms with E-state index in [9.17, 15) is 0 Å². The summed E-state index contributed by atoms with van der Waals surface area (Å²) in [7, 11) is 0. The van der Waals surface area contributed by atoms with E-state index in [2.05, 4.69) is 13.5 Å². The zero-order valence-electron chi connectivity index (χ0n) is 12.7. The van der Waals surface area contributed by atoms with Crippen LogP contribution in [0.4, 0.5) is 0 Å². The molecule has 0 aromatic heterocycles. The van der Waals surface area contributed by atoms with Gasteiger partial charge in [-0.2, -0.15) is 0 Å². The molecular formula is C15H29O5. The SMILES string of the molecule is [CH2]COCCOCCOCCOCCOCCC(=C)C. The molecular weight excluding hydrogens is 260 g/mol. The van der Waals surface area contributed by atoms with Gasteiger partial charge in [0.05, 0.1) is 59.5 Å². The van der Waals surface area contributed by atoms with Gasteiger partial charge in [-0.1, -0.05) is 5.57 Å². The Morgan fingerprint density at radius 2 is 1.00 bits per heavy atom. The molecule has 0 aliphatic carbocycles. The fourth-order valence-electron chi connectivity index (χ4n) is 1.23. The summed E-state index contributed by atoms with van der Waals surface area (Å²) in [5.74, 6) is 0. The monoisotopic (exact) mass is 289 g/mol. The van der Waals surface area contributed by atoms with Crippen LogP contribution < -0.4 is 0 Å². The maximum atomic E-state index is 5.37. The Labute approximate surface area is 123 Å². The van der Waals surface area contributed by atoms with Crippen molar-refractivity contribution in [2.75, 3.05) is 66.1 Å². The third kappa shape index (κ3) is 17.5. The van der Waals surface area contributed by atoms with E-state index >= 15 is 0 Å². The number of hydrogen-bond acceptors (Lipinski definition) is 5. The molecule has 0 aliphatic heterocycles. The minimum atomic E-state index is 0.480. The molecule has 0 heterocycles. The van der Waals surface area contributed by atoms with Crippen molar-refractivity contribution < 1.29 is 23.7 Å². The van der Waals surface area contributed by atoms with E-state index in [0.29, 0.717) is 66.1 Å². The maximum Gasteiger partial charge on any atom is 0.0701 e. The minimum absolute atomic E-state index is 0.480. The summed E-state index contributed by atoms with van der Waals surface area (Å²) >= 11 is 0. The fraction of sp³-hybridized carbons (Fsp3) is 0.800. The van der Waals surface area contributed by atoms with Crippen LogP contribution in [0.15, 0.2) is 12.2 Å². The van der Waals surface area contributed by atoms with Crippen LogP contribution >= 0.6 is 0 Å². The van der Waals surface area contributed by atoms with Crippen LogP contribution in [0.1, 0.15) is 13.3 Å². The van der Waals surface area contributed by atoms with Crippen molar-refractivity contribution in [3.8, 4) is 0 Å². The van der Waals surface area contributed by atoms with Crippen molar-refractivity contribution in [1.29, 1.82) is 0 Å². The van der Waals surface area contributed by atoms with E-state index < -0.39 is 0 Å². The highest BCUT2D eigenvalue weighted by molar-refractivity contribution is 4.86. The molecule has 1 radical (unpaired) electrons. The summed E-state index contributed by atoms with van der Waals surface area (Å²) < 4.78 is 26.4. The molecule has 0 saturated carbocycles. The second-order valence-corrected chi connectivity index (χ2v) is 4.27. The number of ether oxygens (including phenoxy) is 5. The van der Waals surface area contributed by atoms with Gasteiger partial charge in [-0.25, -0.2) is 0 Å². The normalized spacial score (nSPS) is 10.9. The van der Waals surface area contributed by atoms with Crippen LogP contribution in [0.25, 0.3) is 0 Å². The molecule has 119 valence electrons. The average Bonchev–Trinajstić information content (AvgIpc) is 2.43. The molecule has 0 fully saturated rings. The standard InChI is InChI=1S/C15H29O5/c1-4-16-7-8-18-11-12-20-14-13-19-10-9-17-6-5-15(2)3/h1-2,4-14H2,3H3. The van der Waals surface area contributed by atoms with Crippen LogP contribution in [0.2, 0.25) is 0 Å². The van der Waals surface area contributed by atoms with Crippen LogP contribution in [0.3, 0.4) is 0 Å². The van der Waals surface area contributed by atoms with Crippen molar-refractivity contribution >= 4 is 0 Å². The van der Waals surface area contributed by atoms with Crippen molar-refractivity contribution in [2.45, 2.75) is 13.3 Å². The van der Waals surface area contributed by atoms with Gasteiger partial charge < -0.3 is 23.7 Å². The molecule has 0 aromatic carbocycles. The van der Waals surface area contributed by atoms with E-state index in [4.69, 9.17) is 23.7 Å². The molecule has 0 atom stereocenters. The van der Waals surface area contributed by atoms with Gasteiger partial charge in [-0.3, -0.25) is 0 Å². The fourth-order valence-corrected chi connectivity index (χ4v) is 1.23. The molecule has 0 rings (SSSR count). The van der Waals surface area contributed by atoms with Gasteiger partial charge in [-0.15, -0.1) is 6.58 Å². The predicted octanol–water partition coefficient (Wildman–Crippen LogP) is 1.87. The molecule has 0 amide bonds. The van der Waals surface area contributed by atoms with Crippen LogP contribution in [0, 0.1) is 6.92 Å². The Bertz CT molecular complexity index is 208. The first-order chi connectivity index (χ1) is 9.77. The molecule has 0 N–H and O–H groups in total. The van der Waals surface area contributed by atoms with Crippen molar-refractivity contribution in [3.05, 3.63) is 19.1 Å². The van der Waals surface area contributed by atoms with Crippen molar-refractivity contribution in [2.24, 2.45) is 0 Å². The topological polar surface area (TPSA) is 46.2 Å². The largest absolute Gasteiger partial charge is 0.379 e. The Hall–Kier alpha value is -0.460. The molecule has 5 nitrogen and oxygen atoms in total. The highest BCUT2D eigenvalue weighted by atomic mass is 16.6. The molecule has 0 unspecified atom stereocenters. The van der Waals surface area contributed by atoms with Crippen LogP contribution in [-0.2, 0) is 23.7 Å². The second kappa shape index (κ2) is 16.6. The zero-order valence-corrected chi connectivity index (χ0v) is 12.7. The molecule has 20 heavy (non-hydrogen) atoms. The highest BCUT2D eigenvalue weighted by Crippen LogP contribution is 1.94. The van der Waals surface area contributed by atoms with Gasteiger partial charge >= 0.3 is 0 Å². The maximum absolute atomic E-state index is 5.37. The van der Waals surface area contributed by atoms with E-state index in [0.717, 1.165) is 12.0 Å². The quantitative estimate of drug-likeness (QED) is 0.321. The van der Waals surface area contributed by atoms with E-state index in [1.165, 1.54) is 0 Å². The Morgan fingerprint density at radius 3 is 1.35 bits per heavy atom. The van der Waals surface area contributed by atoms with Crippen LogP contribution in [0.5, 0.6) is 0 Å². The highest BCUT2D eigenvalue weighted by Gasteiger charge is 1.93. The average molecular weight is 289 g/mol. The van der Waals surface area contributed by atoms with Crippen LogP contribution in [-0.4, -0.2) is 66.1 Å². The van der Waals surface area contributed by atoms with Gasteiger partial charge in [0.1, 0.15) is 0 Å². The van der Waals surface area contributed by atoms with E-state index in [1.807, 2.05) is 6.92 Å². The number of hydrogen-bond donors (Lipinski definition) is 0. The summed E-state index contributed by atoms with van der Waals surface area (Å²) in [5, 5.41) is 0. The first-order valence-electron chi connectivity index (χ1n) is 7.09. The van der Waals surface area contributed by atoms with E-state index in [1.54, 1.807) is 0 Å². The summed E-state index contributed by atoms with van der Waals surface area (Å²) in [4.78, 5) is 0. The lowest BCUT2D eigenvalue weighted by Crippen LogP contribution is -2.13. The third-order valence-electron chi connectivity index (χ3n) is 2.31. The Balaban J connectivity index is 2.94. The minimum Gasteiger partial charge on any atom is -0.379 e. The summed E-state index contributed by atoms with van der Waals surface area (Å²) in [6, 6.07) is 0. The van der Waals surface area contributed by atoms with Gasteiger partial charge in [0.2, 0.25) is 0 Å². The third-order valence-corrected chi connectivity index (χ3v) is 2.31. The lowest BCUT2D eigenvalue weighted by molar-refractivity contribution is -0.00922. The van der Waals surface area contributed by atoms with Gasteiger partial charge in [-0.05, 0) is 20.3 Å². The molecule has 0 bridgehead atoms. The van der Waals surface area contributed by atoms with Crippen molar-refractivity contribution in [3.63, 3.8) is 0 Å². The van der Waals surface area contributed by atoms with Crippen molar-refractivity contribution in [1.82, 2.24) is 0 Å². The molecule has 0 spiro atoms. The summed E-state index contributed by atoms with van der Waals surface area (Å²) in [5.41, 5.74) is 1.14. The zero-order chi connectivity index (χ0) is 14.9. The number of rotatable bonds is 16. The Kier molecular flexibility index (Phi) is 16.2. The molecule has 5 heteroatoms. The smallest absolute Gasteiger partial charge is 0.0701 e. The summed E-state index contributed by atoms with van der Waals surface area (Å²) in [6.45, 7) is 15.2. The van der Waals surface area contributed by atoms with Gasteiger partial charge in [0.25, 0.3) is 0 Å². The molecule has 0 aromatic rings. The lowest BCUT2D eigenvalue weighted by atomic mass is 10.3. The van der Waals surface area contributed by atoms with Gasteiger partial charge in [0, 0.05) is 6.61 Å².